The van der Waals surface area contributed by atoms with Crippen LogP contribution >= 0.6 is 11.3 Å². The van der Waals surface area contributed by atoms with Crippen molar-refractivity contribution in [2.75, 3.05) is 19.0 Å². The molecule has 0 saturated carbocycles. The number of carbonyl (C=O) groups excluding carboxylic acids is 1. The van der Waals surface area contributed by atoms with Crippen LogP contribution in [-0.4, -0.2) is 24.8 Å². The number of fused-ring (bicyclic) bond motifs is 1. The van der Waals surface area contributed by atoms with Crippen LogP contribution in [0.5, 0.6) is 5.75 Å². The number of anilines is 1. The van der Waals surface area contributed by atoms with Crippen molar-refractivity contribution in [3.05, 3.63) is 89.1 Å². The molecule has 1 amide bonds. The number of benzene rings is 3. The van der Waals surface area contributed by atoms with Gasteiger partial charge in [-0.2, -0.15) is 0 Å². The molecule has 34 heavy (non-hydrogen) atoms. The van der Waals surface area contributed by atoms with Crippen LogP contribution in [0, 0.1) is 0 Å². The minimum absolute atomic E-state index is 0.306. The Hall–Kier alpha value is -3.42. The highest BCUT2D eigenvalue weighted by Gasteiger charge is 2.36. The van der Waals surface area contributed by atoms with Gasteiger partial charge in [0.15, 0.2) is 0 Å². The zero-order valence-electron chi connectivity index (χ0n) is 19.5. The van der Waals surface area contributed by atoms with Gasteiger partial charge in [-0.05, 0) is 53.4 Å². The fraction of sp³-hybridized carbons (Fsp3) is 0.259. The van der Waals surface area contributed by atoms with Crippen LogP contribution < -0.4 is 10.1 Å². The van der Waals surface area contributed by atoms with E-state index in [0.717, 1.165) is 21.9 Å². The van der Waals surface area contributed by atoms with Crippen molar-refractivity contribution in [2.24, 2.45) is 0 Å². The summed E-state index contributed by atoms with van der Waals surface area (Å²) >= 11 is 1.37. The normalized spacial score (nSPS) is 12.8. The molecule has 4 rings (SSSR count). The van der Waals surface area contributed by atoms with Crippen molar-refractivity contribution in [1.29, 1.82) is 0 Å². The number of ether oxygens (including phenoxy) is 3. The smallest absolute Gasteiger partial charge is 0.412 e. The van der Waals surface area contributed by atoms with Gasteiger partial charge in [0, 0.05) is 7.11 Å². The van der Waals surface area contributed by atoms with Gasteiger partial charge in [-0.15, -0.1) is 0 Å². The van der Waals surface area contributed by atoms with E-state index >= 15 is 0 Å². The molecule has 1 aromatic heterocycles. The van der Waals surface area contributed by atoms with E-state index in [1.54, 1.807) is 20.2 Å². The Morgan fingerprint density at radius 2 is 1.85 bits per heavy atom. The molecule has 6 nitrogen and oxygen atoms in total. The van der Waals surface area contributed by atoms with Crippen LogP contribution in [0.25, 0.3) is 10.8 Å². The molecule has 3 aromatic carbocycles. The largest absolute Gasteiger partial charge is 0.489 e. The standard InChI is InChI=1S/C27H28N2O4S/c1-4-27(31-3,25-28-17-24(34-25)29-26(30)32-5-2)22-11-8-12-23(16-22)33-18-19-13-14-20-9-6-7-10-21(20)15-19/h6-17H,4-5,18H2,1-3H3,(H,29,30). The molecule has 4 aromatic rings. The first-order valence-corrected chi connectivity index (χ1v) is 12.1. The molecule has 0 spiro atoms. The van der Waals surface area contributed by atoms with Crippen molar-refractivity contribution in [3.63, 3.8) is 0 Å². The Balaban J connectivity index is 1.54. The van der Waals surface area contributed by atoms with Gasteiger partial charge < -0.3 is 14.2 Å². The van der Waals surface area contributed by atoms with Gasteiger partial charge in [0.1, 0.15) is 28.0 Å². The second-order valence-electron chi connectivity index (χ2n) is 7.76. The molecular formula is C27H28N2O4S. The summed E-state index contributed by atoms with van der Waals surface area (Å²) in [6.45, 7) is 4.58. The van der Waals surface area contributed by atoms with Crippen LogP contribution in [0.1, 0.15) is 36.4 Å². The van der Waals surface area contributed by atoms with Crippen molar-refractivity contribution in [1.82, 2.24) is 4.98 Å². The molecule has 1 heterocycles. The molecule has 1 atom stereocenters. The molecule has 0 fully saturated rings. The van der Waals surface area contributed by atoms with E-state index in [1.165, 1.54) is 22.1 Å². The molecule has 0 saturated heterocycles. The van der Waals surface area contributed by atoms with Crippen molar-refractivity contribution in [3.8, 4) is 5.75 Å². The summed E-state index contributed by atoms with van der Waals surface area (Å²) in [6.07, 6.45) is 1.78. The second-order valence-corrected chi connectivity index (χ2v) is 8.79. The first-order valence-electron chi connectivity index (χ1n) is 11.2. The lowest BCUT2D eigenvalue weighted by Gasteiger charge is -2.30. The van der Waals surface area contributed by atoms with Crippen LogP contribution in [0.3, 0.4) is 0 Å². The number of amides is 1. The lowest BCUT2D eigenvalue weighted by atomic mass is 9.91. The summed E-state index contributed by atoms with van der Waals surface area (Å²) in [5, 5.41) is 6.46. The van der Waals surface area contributed by atoms with Crippen LogP contribution in [-0.2, 0) is 21.7 Å². The maximum Gasteiger partial charge on any atom is 0.412 e. The predicted octanol–water partition coefficient (Wildman–Crippen LogP) is 6.74. The molecule has 176 valence electrons. The number of nitrogens with zero attached hydrogens (tertiary/aromatic N) is 1. The van der Waals surface area contributed by atoms with E-state index in [2.05, 4.69) is 40.6 Å². The minimum atomic E-state index is -0.762. The third-order valence-electron chi connectivity index (χ3n) is 5.72. The molecular weight excluding hydrogens is 448 g/mol. The predicted molar refractivity (Wildman–Crippen MR) is 136 cm³/mol. The SMILES string of the molecule is CCOC(=O)Nc1cnc(C(CC)(OC)c2cccc(OCc3ccc4ccccc4c3)c2)s1. The molecule has 0 aliphatic carbocycles. The Labute approximate surface area is 203 Å². The topological polar surface area (TPSA) is 69.7 Å². The number of hydrogen-bond acceptors (Lipinski definition) is 6. The number of nitrogens with one attached hydrogen (secondary N) is 1. The molecule has 1 N–H and O–H groups in total. The average Bonchev–Trinajstić information content (AvgIpc) is 3.33. The summed E-state index contributed by atoms with van der Waals surface area (Å²) < 4.78 is 17.1. The second kappa shape index (κ2) is 10.7. The van der Waals surface area contributed by atoms with Gasteiger partial charge in [0.05, 0.1) is 12.8 Å². The Bertz CT molecular complexity index is 1270. The highest BCUT2D eigenvalue weighted by Crippen LogP contribution is 2.41. The zero-order valence-corrected chi connectivity index (χ0v) is 20.4. The van der Waals surface area contributed by atoms with Crippen molar-refractivity contribution < 1.29 is 19.0 Å². The molecule has 0 bridgehead atoms. The number of hydrogen-bond donors (Lipinski definition) is 1. The highest BCUT2D eigenvalue weighted by atomic mass is 32.1. The summed E-state index contributed by atoms with van der Waals surface area (Å²) in [6, 6.07) is 22.5. The Morgan fingerprint density at radius 1 is 1.03 bits per heavy atom. The summed E-state index contributed by atoms with van der Waals surface area (Å²) in [7, 11) is 1.67. The van der Waals surface area contributed by atoms with Gasteiger partial charge in [-0.1, -0.05) is 66.8 Å². The third-order valence-corrected chi connectivity index (χ3v) is 6.77. The zero-order chi connectivity index (χ0) is 24.0. The highest BCUT2D eigenvalue weighted by molar-refractivity contribution is 7.16. The number of aromatic nitrogens is 1. The van der Waals surface area contributed by atoms with Crippen molar-refractivity contribution in [2.45, 2.75) is 32.5 Å². The van der Waals surface area contributed by atoms with Crippen LogP contribution in [0.15, 0.2) is 72.9 Å². The van der Waals surface area contributed by atoms with Gasteiger partial charge in [-0.25, -0.2) is 9.78 Å². The summed E-state index contributed by atoms with van der Waals surface area (Å²) in [5.41, 5.74) is 1.28. The van der Waals surface area contributed by atoms with E-state index in [1.807, 2.05) is 43.3 Å². The first kappa shape index (κ1) is 23.7. The molecule has 0 radical (unpaired) electrons. The van der Waals surface area contributed by atoms with E-state index in [0.29, 0.717) is 24.6 Å². The van der Waals surface area contributed by atoms with E-state index in [4.69, 9.17) is 14.2 Å². The fourth-order valence-electron chi connectivity index (χ4n) is 3.95. The summed E-state index contributed by atoms with van der Waals surface area (Å²) in [4.78, 5) is 16.3. The number of methoxy groups -OCH3 is 1. The molecule has 0 aliphatic heterocycles. The van der Waals surface area contributed by atoms with Gasteiger partial charge in [0.2, 0.25) is 0 Å². The van der Waals surface area contributed by atoms with Crippen molar-refractivity contribution >= 4 is 33.2 Å². The molecule has 7 heteroatoms. The van der Waals surface area contributed by atoms with Gasteiger partial charge >= 0.3 is 6.09 Å². The Morgan fingerprint density at radius 3 is 2.62 bits per heavy atom. The van der Waals surface area contributed by atoms with E-state index in [-0.39, 0.29) is 0 Å². The average molecular weight is 477 g/mol. The molecule has 0 aliphatic rings. The number of rotatable bonds is 9. The third kappa shape index (κ3) is 5.05. The number of carbonyl (C=O) groups is 1. The van der Waals surface area contributed by atoms with Gasteiger partial charge in [-0.3, -0.25) is 5.32 Å². The lowest BCUT2D eigenvalue weighted by Crippen LogP contribution is -2.29. The summed E-state index contributed by atoms with van der Waals surface area (Å²) in [5.74, 6) is 0.752. The molecule has 1 unspecified atom stereocenters. The van der Waals surface area contributed by atoms with Gasteiger partial charge in [0.25, 0.3) is 0 Å². The maximum absolute atomic E-state index is 11.8. The van der Waals surface area contributed by atoms with E-state index in [9.17, 15) is 4.79 Å². The Kier molecular flexibility index (Phi) is 7.45. The van der Waals surface area contributed by atoms with Crippen LogP contribution in [0.2, 0.25) is 0 Å². The minimum Gasteiger partial charge on any atom is -0.489 e. The quantitative estimate of drug-likeness (QED) is 0.290. The monoisotopic (exact) mass is 476 g/mol. The fourth-order valence-corrected chi connectivity index (χ4v) is 5.01. The lowest BCUT2D eigenvalue weighted by molar-refractivity contribution is 0.0182. The van der Waals surface area contributed by atoms with E-state index < -0.39 is 11.7 Å². The maximum atomic E-state index is 11.8. The number of thiazole rings is 1. The van der Waals surface area contributed by atoms with Crippen LogP contribution in [0.4, 0.5) is 9.80 Å². The first-order chi connectivity index (χ1) is 16.6.